The Hall–Kier alpha value is -3.29. The number of imide groups is 1. The van der Waals surface area contributed by atoms with Crippen LogP contribution in [0, 0.1) is 27.9 Å². The number of pyridine rings is 1. The van der Waals surface area contributed by atoms with Gasteiger partial charge in [-0.3, -0.25) is 24.7 Å². The van der Waals surface area contributed by atoms with Crippen molar-refractivity contribution in [1.82, 2.24) is 4.98 Å². The van der Waals surface area contributed by atoms with E-state index in [1.807, 2.05) is 12.1 Å². The Kier molecular flexibility index (Phi) is 5.00. The van der Waals surface area contributed by atoms with Crippen LogP contribution in [0.1, 0.15) is 31.9 Å². The normalized spacial score (nSPS) is 23.8. The van der Waals surface area contributed by atoms with E-state index in [1.165, 1.54) is 6.07 Å². The fraction of sp³-hybridized carbons (Fsp3) is 0.381. The summed E-state index contributed by atoms with van der Waals surface area (Å²) in [6.07, 6.45) is 3.96. The van der Waals surface area contributed by atoms with E-state index in [2.05, 4.69) is 17.2 Å². The van der Waals surface area contributed by atoms with Gasteiger partial charge in [-0.1, -0.05) is 13.0 Å². The number of carbonyl (C=O) groups is 2. The lowest BCUT2D eigenvalue weighted by molar-refractivity contribution is -0.383. The number of nitro groups is 1. The molecule has 2 aromatic rings. The van der Waals surface area contributed by atoms with Crippen molar-refractivity contribution in [3.63, 3.8) is 0 Å². The van der Waals surface area contributed by atoms with Crippen LogP contribution in [0.2, 0.25) is 0 Å². The summed E-state index contributed by atoms with van der Waals surface area (Å²) in [6.45, 7) is 2.41. The molecule has 1 saturated heterocycles. The maximum atomic E-state index is 12.9. The molecular formula is C21H22N4O4. The number of nitrogens with one attached hydrogen (secondary N) is 1. The molecule has 2 heterocycles. The predicted octanol–water partition coefficient (Wildman–Crippen LogP) is 3.53. The highest BCUT2D eigenvalue weighted by Crippen LogP contribution is 2.43. The summed E-state index contributed by atoms with van der Waals surface area (Å²) < 4.78 is 0. The highest BCUT2D eigenvalue weighted by atomic mass is 16.6. The molecule has 1 N–H and O–H groups in total. The zero-order valence-electron chi connectivity index (χ0n) is 16.1. The Bertz CT molecular complexity index is 962. The molecule has 0 radical (unpaired) electrons. The summed E-state index contributed by atoms with van der Waals surface area (Å²) in [5.74, 6) is -0.696. The van der Waals surface area contributed by atoms with Gasteiger partial charge in [-0.25, -0.2) is 4.90 Å². The standard InChI is InChI=1S/C21H22N4O4/c1-13-5-7-16-17(10-13)21(27)24(20(16)26)15-6-8-18(19(11-15)25(28)29)23-12-14-4-2-3-9-22-14/h2-4,6,8-9,11,13,16-17,23H,5,7,10,12H2,1H3/t13-,16+,17+/m1/s1. The molecular weight excluding hydrogens is 372 g/mol. The largest absolute Gasteiger partial charge is 0.374 e. The third-order valence-electron chi connectivity index (χ3n) is 5.81. The van der Waals surface area contributed by atoms with Crippen LogP contribution in [0.3, 0.4) is 0 Å². The molecule has 0 bridgehead atoms. The van der Waals surface area contributed by atoms with Gasteiger partial charge < -0.3 is 5.32 Å². The summed E-state index contributed by atoms with van der Waals surface area (Å²) in [6, 6.07) is 9.89. The lowest BCUT2D eigenvalue weighted by Gasteiger charge is -2.25. The molecule has 2 amide bonds. The molecule has 1 saturated carbocycles. The molecule has 1 aliphatic heterocycles. The number of nitro benzene ring substituents is 1. The molecule has 0 spiro atoms. The monoisotopic (exact) mass is 394 g/mol. The first kappa shape index (κ1) is 19.0. The summed E-state index contributed by atoms with van der Waals surface area (Å²) in [5, 5.41) is 14.6. The van der Waals surface area contributed by atoms with Crippen LogP contribution in [0.4, 0.5) is 17.1 Å². The van der Waals surface area contributed by atoms with Crippen molar-refractivity contribution in [1.29, 1.82) is 0 Å². The van der Waals surface area contributed by atoms with E-state index in [0.29, 0.717) is 31.0 Å². The zero-order chi connectivity index (χ0) is 20.5. The van der Waals surface area contributed by atoms with Gasteiger partial charge in [0.2, 0.25) is 11.8 Å². The Labute approximate surface area is 168 Å². The maximum Gasteiger partial charge on any atom is 0.294 e. The number of rotatable bonds is 5. The quantitative estimate of drug-likeness (QED) is 0.472. The van der Waals surface area contributed by atoms with E-state index in [1.54, 1.807) is 24.4 Å². The van der Waals surface area contributed by atoms with Gasteiger partial charge in [-0.2, -0.15) is 0 Å². The smallest absolute Gasteiger partial charge is 0.294 e. The molecule has 1 aromatic carbocycles. The third-order valence-corrected chi connectivity index (χ3v) is 5.81. The molecule has 8 nitrogen and oxygen atoms in total. The van der Waals surface area contributed by atoms with Crippen LogP contribution in [0.5, 0.6) is 0 Å². The zero-order valence-corrected chi connectivity index (χ0v) is 16.1. The first-order valence-electron chi connectivity index (χ1n) is 9.75. The minimum Gasteiger partial charge on any atom is -0.374 e. The van der Waals surface area contributed by atoms with Gasteiger partial charge >= 0.3 is 0 Å². The number of anilines is 2. The van der Waals surface area contributed by atoms with E-state index in [4.69, 9.17) is 0 Å². The molecule has 1 aliphatic carbocycles. The highest BCUT2D eigenvalue weighted by Gasteiger charge is 2.50. The molecule has 29 heavy (non-hydrogen) atoms. The van der Waals surface area contributed by atoms with Crippen LogP contribution in [0.25, 0.3) is 0 Å². The third kappa shape index (κ3) is 3.57. The topological polar surface area (TPSA) is 105 Å². The Morgan fingerprint density at radius 1 is 1.17 bits per heavy atom. The van der Waals surface area contributed by atoms with E-state index in [9.17, 15) is 19.7 Å². The second kappa shape index (κ2) is 7.62. The summed E-state index contributed by atoms with van der Waals surface area (Å²) >= 11 is 0. The Morgan fingerprint density at radius 2 is 1.97 bits per heavy atom. The Morgan fingerprint density at radius 3 is 2.69 bits per heavy atom. The van der Waals surface area contributed by atoms with Crippen molar-refractivity contribution in [2.45, 2.75) is 32.7 Å². The second-order valence-corrected chi connectivity index (χ2v) is 7.78. The maximum absolute atomic E-state index is 12.9. The van der Waals surface area contributed by atoms with E-state index >= 15 is 0 Å². The summed E-state index contributed by atoms with van der Waals surface area (Å²) in [4.78, 5) is 42.2. The second-order valence-electron chi connectivity index (χ2n) is 7.78. The van der Waals surface area contributed by atoms with Gasteiger partial charge in [-0.05, 0) is 49.4 Å². The molecule has 150 valence electrons. The van der Waals surface area contributed by atoms with Gasteiger partial charge in [0.15, 0.2) is 0 Å². The number of aromatic nitrogens is 1. The van der Waals surface area contributed by atoms with Crippen LogP contribution in [-0.2, 0) is 16.1 Å². The van der Waals surface area contributed by atoms with E-state index in [-0.39, 0.29) is 35.0 Å². The minimum absolute atomic E-state index is 0.178. The molecule has 3 atom stereocenters. The van der Waals surface area contributed by atoms with E-state index in [0.717, 1.165) is 17.0 Å². The summed E-state index contributed by atoms with van der Waals surface area (Å²) in [5.41, 5.74) is 1.14. The molecule has 1 aromatic heterocycles. The van der Waals surface area contributed by atoms with Crippen LogP contribution in [0.15, 0.2) is 42.6 Å². The first-order valence-corrected chi connectivity index (χ1v) is 9.75. The molecule has 4 rings (SSSR count). The van der Waals surface area contributed by atoms with E-state index < -0.39 is 4.92 Å². The molecule has 2 aliphatic rings. The lowest BCUT2D eigenvalue weighted by atomic mass is 9.76. The molecule has 8 heteroatoms. The number of hydrogen-bond acceptors (Lipinski definition) is 6. The van der Waals surface area contributed by atoms with Crippen LogP contribution in [-0.4, -0.2) is 21.7 Å². The molecule has 0 unspecified atom stereocenters. The van der Waals surface area contributed by atoms with Gasteiger partial charge in [0.05, 0.1) is 34.7 Å². The van der Waals surface area contributed by atoms with Crippen molar-refractivity contribution in [2.24, 2.45) is 17.8 Å². The van der Waals surface area contributed by atoms with Crippen molar-refractivity contribution in [2.75, 3.05) is 10.2 Å². The van der Waals surface area contributed by atoms with Crippen LogP contribution >= 0.6 is 0 Å². The Balaban J connectivity index is 1.60. The fourth-order valence-electron chi connectivity index (χ4n) is 4.29. The number of benzene rings is 1. The van der Waals surface area contributed by atoms with Crippen molar-refractivity contribution in [3.05, 3.63) is 58.4 Å². The average molecular weight is 394 g/mol. The van der Waals surface area contributed by atoms with Gasteiger partial charge in [-0.15, -0.1) is 0 Å². The number of carbonyl (C=O) groups excluding carboxylic acids is 2. The highest BCUT2D eigenvalue weighted by molar-refractivity contribution is 6.22. The van der Waals surface area contributed by atoms with Gasteiger partial charge in [0, 0.05) is 12.3 Å². The minimum atomic E-state index is -0.510. The van der Waals surface area contributed by atoms with Gasteiger partial charge in [0.25, 0.3) is 5.69 Å². The predicted molar refractivity (Wildman–Crippen MR) is 107 cm³/mol. The fourth-order valence-corrected chi connectivity index (χ4v) is 4.29. The lowest BCUT2D eigenvalue weighted by Crippen LogP contribution is -2.31. The van der Waals surface area contributed by atoms with Crippen molar-refractivity contribution < 1.29 is 14.5 Å². The number of nitrogens with zero attached hydrogens (tertiary/aromatic N) is 3. The first-order chi connectivity index (χ1) is 14.0. The van der Waals surface area contributed by atoms with Crippen molar-refractivity contribution >= 4 is 28.9 Å². The number of amides is 2. The number of hydrogen-bond donors (Lipinski definition) is 1. The average Bonchev–Trinajstić information content (AvgIpc) is 2.97. The number of fused-ring (bicyclic) bond motifs is 1. The van der Waals surface area contributed by atoms with Crippen molar-refractivity contribution in [3.8, 4) is 0 Å². The molecule has 2 fully saturated rings. The van der Waals surface area contributed by atoms with Gasteiger partial charge in [0.1, 0.15) is 5.69 Å². The SMILES string of the molecule is C[C@@H]1CC[C@@H]2C(=O)N(c3ccc(NCc4ccccn4)c([N+](=O)[O-])c3)C(=O)[C@H]2C1. The van der Waals surface area contributed by atoms with Crippen LogP contribution < -0.4 is 10.2 Å². The summed E-state index contributed by atoms with van der Waals surface area (Å²) in [7, 11) is 0.